The van der Waals surface area contributed by atoms with E-state index in [1.165, 1.54) is 17.8 Å². The van der Waals surface area contributed by atoms with Gasteiger partial charge >= 0.3 is 19.9 Å². The molecule has 1 fully saturated rings. The maximum Gasteiger partial charge on any atom is 0.376 e. The highest BCUT2D eigenvalue weighted by molar-refractivity contribution is 6.45. The summed E-state index contributed by atoms with van der Waals surface area (Å²) in [5.74, 6) is 0.994. The number of anilines is 1. The van der Waals surface area contributed by atoms with Gasteiger partial charge < -0.3 is 35.5 Å². The van der Waals surface area contributed by atoms with Crippen LogP contribution in [0.25, 0.3) is 5.57 Å². The van der Waals surface area contributed by atoms with Gasteiger partial charge in [-0.05, 0) is 91.6 Å². The van der Waals surface area contributed by atoms with E-state index in [9.17, 15) is 20.2 Å². The average molecular weight is 466 g/mol. The third-order valence-corrected chi connectivity index (χ3v) is 6.41. The zero-order valence-electron chi connectivity index (χ0n) is 19.7. The molecule has 2 aliphatic rings. The molecule has 4 heterocycles. The zero-order chi connectivity index (χ0) is 24.7. The molecule has 12 heteroatoms. The fourth-order valence-corrected chi connectivity index (χ4v) is 4.24. The lowest BCUT2D eigenvalue weighted by Gasteiger charge is -2.32. The molecule has 4 rings (SSSR count). The predicted octanol–water partition coefficient (Wildman–Crippen LogP) is 2.14. The van der Waals surface area contributed by atoms with Crippen LogP contribution >= 0.6 is 0 Å². The number of aromatic nitrogens is 2. The topological polar surface area (TPSA) is 142 Å². The minimum absolute atomic E-state index is 0.138. The second-order valence-corrected chi connectivity index (χ2v) is 8.73. The number of hydrogen-bond acceptors (Lipinski definition) is 9. The number of pyridine rings is 2. The molecule has 1 saturated heterocycles. The molecule has 0 aromatic carbocycles. The van der Waals surface area contributed by atoms with Crippen molar-refractivity contribution < 1.29 is 15.0 Å². The van der Waals surface area contributed by atoms with Crippen molar-refractivity contribution in [2.24, 2.45) is 0 Å². The van der Waals surface area contributed by atoms with Crippen molar-refractivity contribution in [3.63, 3.8) is 0 Å². The van der Waals surface area contributed by atoms with Crippen molar-refractivity contribution in [2.45, 2.75) is 38.8 Å². The van der Waals surface area contributed by atoms with E-state index in [-0.39, 0.29) is 12.9 Å². The summed E-state index contributed by atoms with van der Waals surface area (Å²) in [7, 11) is -0.775. The molecule has 34 heavy (non-hydrogen) atoms. The molecule has 2 aliphatic heterocycles. The third-order valence-electron chi connectivity index (χ3n) is 6.41. The van der Waals surface area contributed by atoms with Crippen LogP contribution in [0.4, 0.5) is 11.6 Å². The van der Waals surface area contributed by atoms with Gasteiger partial charge in [0.25, 0.3) is 0 Å². The van der Waals surface area contributed by atoms with Crippen molar-refractivity contribution in [3.05, 3.63) is 64.0 Å². The minimum Gasteiger partial charge on any atom is -0.437 e. The van der Waals surface area contributed by atoms with Crippen molar-refractivity contribution in [3.8, 4) is 0 Å². The van der Waals surface area contributed by atoms with Crippen LogP contribution in [-0.4, -0.2) is 74.8 Å². The normalized spacial score (nSPS) is 17.4. The molecule has 10 nitrogen and oxygen atoms in total. The summed E-state index contributed by atoms with van der Waals surface area (Å²) in [6, 6.07) is 7.05. The Morgan fingerprint density at radius 1 is 1.03 bits per heavy atom. The predicted molar refractivity (Wildman–Crippen MR) is 135 cm³/mol. The van der Waals surface area contributed by atoms with Crippen LogP contribution in [0.3, 0.4) is 0 Å². The fraction of sp³-hybridized carbons (Fsp3) is 0.455. The standard InChI is InChI=1S/C11H14BN3O3.C11H18BN3O/c1-12(16)14-6-4-9(5-7-14)10-2-3-11(13-8-10)15(17)18;1-12(16)15-6-4-9(5-7-15)10-2-3-11(13)14-8-10/h2-4,8,16H,5-7H2,1H3;2-3,8-9,16H,4-7H2,1H3,(H2,13,14). The van der Waals surface area contributed by atoms with Crippen molar-refractivity contribution in [1.29, 1.82) is 0 Å². The van der Waals surface area contributed by atoms with Crippen LogP contribution < -0.4 is 5.73 Å². The highest BCUT2D eigenvalue weighted by Gasteiger charge is 2.25. The Bertz CT molecular complexity index is 964. The van der Waals surface area contributed by atoms with E-state index < -0.39 is 12.0 Å². The Hall–Kier alpha value is -2.79. The van der Waals surface area contributed by atoms with Gasteiger partial charge in [-0.2, -0.15) is 0 Å². The van der Waals surface area contributed by atoms with E-state index in [0.717, 1.165) is 50.0 Å². The Morgan fingerprint density at radius 3 is 2.21 bits per heavy atom. The summed E-state index contributed by atoms with van der Waals surface area (Å²) in [6.07, 6.45) is 8.40. The molecular weight excluding hydrogens is 434 g/mol. The van der Waals surface area contributed by atoms with E-state index in [0.29, 0.717) is 18.3 Å². The molecule has 180 valence electrons. The van der Waals surface area contributed by atoms with E-state index in [2.05, 4.69) is 20.8 Å². The van der Waals surface area contributed by atoms with E-state index in [1.54, 1.807) is 12.9 Å². The third kappa shape index (κ3) is 7.10. The van der Waals surface area contributed by atoms with Gasteiger partial charge in [-0.3, -0.25) is 0 Å². The molecule has 0 atom stereocenters. The van der Waals surface area contributed by atoms with Gasteiger partial charge in [0, 0.05) is 24.4 Å². The largest absolute Gasteiger partial charge is 0.437 e. The first-order chi connectivity index (χ1) is 16.2. The van der Waals surface area contributed by atoms with E-state index >= 15 is 0 Å². The maximum absolute atomic E-state index is 10.5. The summed E-state index contributed by atoms with van der Waals surface area (Å²) >= 11 is 0. The van der Waals surface area contributed by atoms with Gasteiger partial charge in [-0.15, -0.1) is 0 Å². The molecule has 0 aliphatic carbocycles. The molecular formula is C22H32B2N6O4. The molecule has 0 spiro atoms. The van der Waals surface area contributed by atoms with Crippen molar-refractivity contribution in [1.82, 2.24) is 19.6 Å². The number of nitro groups is 1. The molecule has 2 aromatic rings. The number of hydrogen-bond donors (Lipinski definition) is 3. The molecule has 0 amide bonds. The zero-order valence-corrected chi connectivity index (χ0v) is 19.7. The molecule has 0 unspecified atom stereocenters. The number of nitrogens with two attached hydrogens (primary N) is 1. The van der Waals surface area contributed by atoms with Gasteiger partial charge in [-0.1, -0.05) is 12.1 Å². The summed E-state index contributed by atoms with van der Waals surface area (Å²) in [4.78, 5) is 22.0. The molecule has 0 saturated carbocycles. The summed E-state index contributed by atoms with van der Waals surface area (Å²) in [6.45, 7) is 6.93. The lowest BCUT2D eigenvalue weighted by atomic mass is 9.80. The van der Waals surface area contributed by atoms with Gasteiger partial charge in [0.1, 0.15) is 12.0 Å². The first-order valence-electron chi connectivity index (χ1n) is 11.6. The van der Waals surface area contributed by atoms with E-state index in [1.807, 2.05) is 30.0 Å². The molecule has 0 radical (unpaired) electrons. The van der Waals surface area contributed by atoms with Gasteiger partial charge in [0.2, 0.25) is 0 Å². The molecule has 0 bridgehead atoms. The number of nitrogens with zero attached hydrogens (tertiary/aromatic N) is 5. The quantitative estimate of drug-likeness (QED) is 0.343. The average Bonchev–Trinajstić information content (AvgIpc) is 2.85. The van der Waals surface area contributed by atoms with Crippen molar-refractivity contribution in [2.75, 3.05) is 31.9 Å². The summed E-state index contributed by atoms with van der Waals surface area (Å²) < 4.78 is 0. The number of piperidine rings is 1. The first kappa shape index (κ1) is 25.8. The summed E-state index contributed by atoms with van der Waals surface area (Å²) in [5.41, 5.74) is 8.86. The van der Waals surface area contributed by atoms with Crippen LogP contribution in [0.15, 0.2) is 42.7 Å². The first-order valence-corrected chi connectivity index (χ1v) is 11.6. The Kier molecular flexibility index (Phi) is 9.17. The fourth-order valence-electron chi connectivity index (χ4n) is 4.24. The molecule has 2 aromatic heterocycles. The lowest BCUT2D eigenvalue weighted by molar-refractivity contribution is -0.389. The van der Waals surface area contributed by atoms with Gasteiger partial charge in [-0.25, -0.2) is 4.98 Å². The van der Waals surface area contributed by atoms with Crippen LogP contribution in [-0.2, 0) is 0 Å². The second-order valence-electron chi connectivity index (χ2n) is 8.73. The second kappa shape index (κ2) is 12.1. The minimum atomic E-state index is -0.506. The highest BCUT2D eigenvalue weighted by atomic mass is 16.6. The number of nitrogen functional groups attached to an aromatic ring is 1. The smallest absolute Gasteiger partial charge is 0.376 e. The van der Waals surface area contributed by atoms with Gasteiger partial charge in [0.15, 0.2) is 0 Å². The SMILES string of the molecule is CB(O)N1CC=C(c2ccc([N+](=O)[O-])nc2)CC1.CB(O)N1CCC(c2ccc(N)nc2)CC1. The van der Waals surface area contributed by atoms with Gasteiger partial charge in [0.05, 0.1) is 0 Å². The van der Waals surface area contributed by atoms with Crippen LogP contribution in [0.1, 0.15) is 36.3 Å². The molecule has 4 N–H and O–H groups in total. The lowest BCUT2D eigenvalue weighted by Crippen LogP contribution is -2.42. The monoisotopic (exact) mass is 466 g/mol. The van der Waals surface area contributed by atoms with E-state index in [4.69, 9.17) is 5.73 Å². The Morgan fingerprint density at radius 2 is 1.74 bits per heavy atom. The van der Waals surface area contributed by atoms with Crippen LogP contribution in [0, 0.1) is 10.1 Å². The summed E-state index contributed by atoms with van der Waals surface area (Å²) in [5, 5.41) is 29.4. The maximum atomic E-state index is 10.5. The van der Waals surface area contributed by atoms with Crippen LogP contribution in [0.2, 0.25) is 13.6 Å². The number of rotatable bonds is 5. The Labute approximate surface area is 200 Å². The van der Waals surface area contributed by atoms with Crippen LogP contribution in [0.5, 0.6) is 0 Å². The van der Waals surface area contributed by atoms with Crippen molar-refractivity contribution >= 4 is 31.3 Å². The highest BCUT2D eigenvalue weighted by Crippen LogP contribution is 2.28. The Balaban J connectivity index is 0.000000192.